The van der Waals surface area contributed by atoms with Gasteiger partial charge in [0.25, 0.3) is 27.6 Å². The van der Waals surface area contributed by atoms with Crippen molar-refractivity contribution in [3.05, 3.63) is 34.0 Å². The summed E-state index contributed by atoms with van der Waals surface area (Å²) in [6, 6.07) is 1.15. The summed E-state index contributed by atoms with van der Waals surface area (Å²) in [5, 5.41) is 31.8. The molecule has 25 heavy (non-hydrogen) atoms. The molecule has 0 aliphatic carbocycles. The molecule has 13 heteroatoms. The molecule has 0 fully saturated rings. The Hall–Kier alpha value is -3.03. The van der Waals surface area contributed by atoms with E-state index in [1.165, 1.54) is 0 Å². The first kappa shape index (κ1) is 18.3. The molecule has 1 aromatic carbocycles. The van der Waals surface area contributed by atoms with Crippen LogP contribution in [0.2, 0.25) is 0 Å². The lowest BCUT2D eigenvalue weighted by Gasteiger charge is -2.14. The van der Waals surface area contributed by atoms with E-state index in [-0.39, 0.29) is 6.54 Å². The summed E-state index contributed by atoms with van der Waals surface area (Å²) in [5.74, 6) is -2.74. The third-order valence-corrected chi connectivity index (χ3v) is 4.02. The van der Waals surface area contributed by atoms with Gasteiger partial charge in [-0.1, -0.05) is 0 Å². The number of phenols is 1. The molecule has 0 saturated heterocycles. The van der Waals surface area contributed by atoms with Gasteiger partial charge in [0.2, 0.25) is 0 Å². The highest BCUT2D eigenvalue weighted by Crippen LogP contribution is 2.36. The fraction of sp³-hybridized carbons (Fsp3) is 0.167. The minimum absolute atomic E-state index is 0.295. The third kappa shape index (κ3) is 3.57. The number of carbonyl (C=O) groups is 2. The maximum atomic E-state index is 12.0. The number of hydrogen-bond acceptors (Lipinski definition) is 9. The van der Waals surface area contributed by atoms with Crippen LogP contribution in [0.25, 0.3) is 0 Å². The van der Waals surface area contributed by atoms with Crippen molar-refractivity contribution in [3.8, 4) is 5.75 Å². The highest BCUT2D eigenvalue weighted by Gasteiger charge is 2.32. The number of phenolic OH excluding ortho intramolecular Hbond substituents is 1. The number of aliphatic hydroxyl groups is 1. The zero-order valence-corrected chi connectivity index (χ0v) is 13.1. The number of hydrogen-bond donors (Lipinski definition) is 4. The van der Waals surface area contributed by atoms with Crippen molar-refractivity contribution in [1.82, 2.24) is 4.90 Å². The Morgan fingerprint density at radius 1 is 1.28 bits per heavy atom. The summed E-state index contributed by atoms with van der Waals surface area (Å²) in [7, 11) is -5.00. The van der Waals surface area contributed by atoms with E-state index < -0.39 is 61.2 Å². The Labute approximate surface area is 139 Å². The van der Waals surface area contributed by atoms with E-state index in [4.69, 9.17) is 9.66 Å². The zero-order chi connectivity index (χ0) is 18.9. The monoisotopic (exact) mass is 373 g/mol. The highest BCUT2D eigenvalue weighted by atomic mass is 32.2. The molecule has 0 saturated carbocycles. The van der Waals surface area contributed by atoms with Crippen molar-refractivity contribution >= 4 is 33.3 Å². The van der Waals surface area contributed by atoms with Gasteiger partial charge in [0.15, 0.2) is 5.75 Å². The summed E-state index contributed by atoms with van der Waals surface area (Å²) < 4.78 is 31.5. The predicted octanol–water partition coefficient (Wildman–Crippen LogP) is -0.796. The van der Waals surface area contributed by atoms with Gasteiger partial charge in [-0.05, 0) is 0 Å². The molecule has 0 atom stereocenters. The minimum Gasteiger partial charge on any atom is -0.504 e. The number of rotatable bonds is 6. The van der Waals surface area contributed by atoms with Crippen LogP contribution in [-0.2, 0) is 19.7 Å². The quantitative estimate of drug-likeness (QED) is 0.162. The minimum atomic E-state index is -5.00. The standard InChI is InChI=1S/C12H11N3O9S/c16-2-1-14-10(17)5-8(12(14)19)13-7-3-6(15(20)21)4-9(11(7)18)25(22,23)24/h3-5,13,16,18H,1-2H2,(H,22,23,24). The molecule has 0 spiro atoms. The number of nitrogens with one attached hydrogen (secondary N) is 1. The Kier molecular flexibility index (Phi) is 4.73. The van der Waals surface area contributed by atoms with E-state index in [9.17, 15) is 33.2 Å². The number of aromatic hydroxyl groups is 1. The topological polar surface area (TPSA) is 187 Å². The van der Waals surface area contributed by atoms with E-state index in [2.05, 4.69) is 5.32 Å². The first-order chi connectivity index (χ1) is 11.6. The molecule has 2 amide bonds. The Bertz CT molecular complexity index is 907. The average molecular weight is 373 g/mol. The highest BCUT2D eigenvalue weighted by molar-refractivity contribution is 7.86. The number of anilines is 1. The lowest BCUT2D eigenvalue weighted by molar-refractivity contribution is -0.385. The second-order valence-corrected chi connectivity index (χ2v) is 6.16. The summed E-state index contributed by atoms with van der Waals surface area (Å²) in [6.45, 7) is -0.788. The maximum absolute atomic E-state index is 12.0. The van der Waals surface area contributed by atoms with Gasteiger partial charge in [0, 0.05) is 18.2 Å². The molecule has 134 valence electrons. The van der Waals surface area contributed by atoms with E-state index >= 15 is 0 Å². The molecule has 1 aromatic rings. The number of nitro benzene ring substituents is 1. The lowest BCUT2D eigenvalue weighted by atomic mass is 10.2. The lowest BCUT2D eigenvalue weighted by Crippen LogP contribution is -2.34. The van der Waals surface area contributed by atoms with Crippen molar-refractivity contribution in [3.63, 3.8) is 0 Å². The summed E-state index contributed by atoms with van der Waals surface area (Å²) >= 11 is 0. The number of carbonyl (C=O) groups excluding carboxylic acids is 2. The number of nitrogens with zero attached hydrogens (tertiary/aromatic N) is 2. The molecule has 0 bridgehead atoms. The molecule has 1 aliphatic rings. The molecule has 12 nitrogen and oxygen atoms in total. The van der Waals surface area contributed by atoms with Crippen LogP contribution in [0.5, 0.6) is 5.75 Å². The van der Waals surface area contributed by atoms with Crippen LogP contribution in [0.1, 0.15) is 0 Å². The molecule has 0 unspecified atom stereocenters. The summed E-state index contributed by atoms with van der Waals surface area (Å²) in [6.07, 6.45) is 0.809. The molecule has 1 aliphatic heterocycles. The van der Waals surface area contributed by atoms with Gasteiger partial charge >= 0.3 is 0 Å². The second-order valence-electron chi connectivity index (χ2n) is 4.77. The van der Waals surface area contributed by atoms with E-state index in [1.807, 2.05) is 0 Å². The van der Waals surface area contributed by atoms with Crippen LogP contribution in [0, 0.1) is 10.1 Å². The first-order valence-electron chi connectivity index (χ1n) is 6.50. The van der Waals surface area contributed by atoms with Gasteiger partial charge in [-0.15, -0.1) is 0 Å². The smallest absolute Gasteiger partial charge is 0.298 e. The fourth-order valence-corrected chi connectivity index (χ4v) is 2.67. The molecular formula is C12H11N3O9S. The van der Waals surface area contributed by atoms with Gasteiger partial charge in [0.05, 0.1) is 23.8 Å². The SMILES string of the molecule is O=C1C=C(Nc2cc([N+](=O)[O-])cc(S(=O)(=O)O)c2O)C(=O)N1CCO. The van der Waals surface area contributed by atoms with E-state index in [0.717, 1.165) is 12.1 Å². The number of non-ortho nitro benzene ring substituents is 1. The Morgan fingerprint density at radius 3 is 2.44 bits per heavy atom. The summed E-state index contributed by atoms with van der Waals surface area (Å²) in [4.78, 5) is 33.1. The number of amides is 2. The van der Waals surface area contributed by atoms with E-state index in [1.54, 1.807) is 0 Å². The average Bonchev–Trinajstić information content (AvgIpc) is 2.76. The molecule has 1 heterocycles. The molecule has 0 radical (unpaired) electrons. The number of benzene rings is 1. The predicted molar refractivity (Wildman–Crippen MR) is 80.1 cm³/mol. The number of nitro groups is 1. The number of imide groups is 1. The van der Waals surface area contributed by atoms with Crippen LogP contribution in [-0.4, -0.2) is 58.0 Å². The van der Waals surface area contributed by atoms with Crippen LogP contribution in [0.15, 0.2) is 28.8 Å². The van der Waals surface area contributed by atoms with Gasteiger partial charge in [-0.3, -0.25) is 29.2 Å². The van der Waals surface area contributed by atoms with Crippen LogP contribution in [0.3, 0.4) is 0 Å². The van der Waals surface area contributed by atoms with Crippen molar-refractivity contribution < 1.29 is 37.7 Å². The van der Waals surface area contributed by atoms with E-state index in [0.29, 0.717) is 11.0 Å². The summed E-state index contributed by atoms with van der Waals surface area (Å²) in [5.41, 5.74) is -1.78. The molecule has 0 aromatic heterocycles. The Morgan fingerprint density at radius 2 is 1.92 bits per heavy atom. The van der Waals surface area contributed by atoms with Crippen LogP contribution in [0.4, 0.5) is 11.4 Å². The largest absolute Gasteiger partial charge is 0.504 e. The first-order valence-corrected chi connectivity index (χ1v) is 7.94. The normalized spacial score (nSPS) is 14.6. The molecule has 2 rings (SSSR count). The number of aliphatic hydroxyl groups excluding tert-OH is 1. The maximum Gasteiger partial charge on any atom is 0.298 e. The Balaban J connectivity index is 2.48. The fourth-order valence-electron chi connectivity index (χ4n) is 2.05. The van der Waals surface area contributed by atoms with Crippen molar-refractivity contribution in [2.75, 3.05) is 18.5 Å². The zero-order valence-electron chi connectivity index (χ0n) is 12.2. The van der Waals surface area contributed by atoms with Gasteiger partial charge in [0.1, 0.15) is 10.6 Å². The van der Waals surface area contributed by atoms with Crippen molar-refractivity contribution in [2.24, 2.45) is 0 Å². The van der Waals surface area contributed by atoms with Crippen molar-refractivity contribution in [2.45, 2.75) is 4.90 Å². The van der Waals surface area contributed by atoms with Crippen molar-refractivity contribution in [1.29, 1.82) is 0 Å². The second kappa shape index (κ2) is 6.46. The molecule has 4 N–H and O–H groups in total. The van der Waals surface area contributed by atoms with Gasteiger partial charge < -0.3 is 15.5 Å². The van der Waals surface area contributed by atoms with Gasteiger partial charge in [-0.25, -0.2) is 0 Å². The van der Waals surface area contributed by atoms with Crippen LogP contribution < -0.4 is 5.32 Å². The molecular weight excluding hydrogens is 362 g/mol. The van der Waals surface area contributed by atoms with Gasteiger partial charge in [-0.2, -0.15) is 8.42 Å². The number of β-amino-alcohol motifs (C(OH)–C–C–N with tert-alkyl or cyclic N) is 1. The third-order valence-electron chi connectivity index (χ3n) is 3.15. The van der Waals surface area contributed by atoms with Crippen LogP contribution >= 0.6 is 0 Å².